The molecule has 1 aliphatic heterocycles. The van der Waals surface area contributed by atoms with Crippen LogP contribution in [-0.4, -0.2) is 47.0 Å². The van der Waals surface area contributed by atoms with E-state index in [4.69, 9.17) is 0 Å². The third-order valence-corrected chi connectivity index (χ3v) is 8.24. The molecule has 1 aromatic rings. The third kappa shape index (κ3) is 4.65. The van der Waals surface area contributed by atoms with Crippen LogP contribution >= 0.6 is 0 Å². The van der Waals surface area contributed by atoms with Gasteiger partial charge < -0.3 is 15.1 Å². The molecule has 4 heteroatoms. The van der Waals surface area contributed by atoms with E-state index in [2.05, 4.69) is 62.2 Å². The van der Waals surface area contributed by atoms with Crippen molar-refractivity contribution in [3.05, 3.63) is 35.4 Å². The number of amides is 2. The van der Waals surface area contributed by atoms with E-state index in [1.807, 2.05) is 4.90 Å². The van der Waals surface area contributed by atoms with Gasteiger partial charge in [-0.15, -0.1) is 0 Å². The minimum atomic E-state index is 0.0812. The number of benzene rings is 1. The lowest BCUT2D eigenvalue weighted by atomic mass is 9.73. The molecule has 0 radical (unpaired) electrons. The van der Waals surface area contributed by atoms with Crippen LogP contribution in [0.25, 0.3) is 0 Å². The Morgan fingerprint density at radius 2 is 1.61 bits per heavy atom. The van der Waals surface area contributed by atoms with Crippen molar-refractivity contribution < 1.29 is 4.79 Å². The molecule has 4 rings (SSSR count). The first kappa shape index (κ1) is 22.6. The van der Waals surface area contributed by atoms with Gasteiger partial charge in [-0.1, -0.05) is 49.9 Å². The zero-order chi connectivity index (χ0) is 22.0. The van der Waals surface area contributed by atoms with Crippen LogP contribution < -0.4 is 5.32 Å². The number of carbonyl (C=O) groups is 1. The van der Waals surface area contributed by atoms with Crippen LogP contribution in [-0.2, 0) is 5.41 Å². The van der Waals surface area contributed by atoms with Gasteiger partial charge in [-0.25, -0.2) is 4.79 Å². The van der Waals surface area contributed by atoms with Crippen LogP contribution in [0.1, 0.15) is 103 Å². The number of fused-ring (bicyclic) bond motifs is 2. The molecule has 2 amide bonds. The van der Waals surface area contributed by atoms with Gasteiger partial charge in [0.05, 0.1) is 6.04 Å². The molecule has 0 bridgehead atoms. The molecule has 2 aliphatic carbocycles. The molecular formula is C27H43N3O. The maximum absolute atomic E-state index is 13.2. The topological polar surface area (TPSA) is 35.6 Å². The molecule has 31 heavy (non-hydrogen) atoms. The van der Waals surface area contributed by atoms with E-state index in [-0.39, 0.29) is 29.6 Å². The van der Waals surface area contributed by atoms with E-state index in [0.29, 0.717) is 0 Å². The summed E-state index contributed by atoms with van der Waals surface area (Å²) in [7, 11) is 0. The predicted molar refractivity (Wildman–Crippen MR) is 128 cm³/mol. The molecule has 1 N–H and O–H groups in total. The highest BCUT2D eigenvalue weighted by atomic mass is 16.2. The zero-order valence-electron chi connectivity index (χ0n) is 20.2. The van der Waals surface area contributed by atoms with Crippen LogP contribution in [0.5, 0.6) is 0 Å². The highest BCUT2D eigenvalue weighted by Gasteiger charge is 2.46. The number of piperidine rings is 1. The third-order valence-electron chi connectivity index (χ3n) is 8.24. The fraction of sp³-hybridized carbons (Fsp3) is 0.741. The first-order valence-electron chi connectivity index (χ1n) is 12.8. The van der Waals surface area contributed by atoms with Crippen molar-refractivity contribution in [3.63, 3.8) is 0 Å². The average Bonchev–Trinajstić information content (AvgIpc) is 2.89. The van der Waals surface area contributed by atoms with Crippen LogP contribution in [0.15, 0.2) is 24.3 Å². The lowest BCUT2D eigenvalue weighted by Gasteiger charge is -2.43. The summed E-state index contributed by atoms with van der Waals surface area (Å²) in [6.45, 7) is 10.8. The number of hydrogen-bond donors (Lipinski definition) is 1. The second-order valence-corrected chi connectivity index (χ2v) is 10.8. The predicted octanol–water partition coefficient (Wildman–Crippen LogP) is 6.02. The first-order chi connectivity index (χ1) is 14.9. The van der Waals surface area contributed by atoms with Crippen molar-refractivity contribution in [2.24, 2.45) is 0 Å². The van der Waals surface area contributed by atoms with E-state index in [1.54, 1.807) is 0 Å². The Balaban J connectivity index is 1.47. The fourth-order valence-corrected chi connectivity index (χ4v) is 6.73. The molecule has 1 spiro atoms. The van der Waals surface area contributed by atoms with E-state index in [9.17, 15) is 4.79 Å². The van der Waals surface area contributed by atoms with Gasteiger partial charge in [0.2, 0.25) is 0 Å². The smallest absolute Gasteiger partial charge is 0.318 e. The van der Waals surface area contributed by atoms with Crippen molar-refractivity contribution in [1.29, 1.82) is 0 Å². The fourth-order valence-electron chi connectivity index (χ4n) is 6.73. The normalized spacial score (nSPS) is 24.4. The van der Waals surface area contributed by atoms with Crippen LogP contribution in [0.4, 0.5) is 4.79 Å². The molecular weight excluding hydrogens is 382 g/mol. The molecule has 1 saturated heterocycles. The average molecular weight is 426 g/mol. The lowest BCUT2D eigenvalue weighted by molar-refractivity contribution is 0.101. The van der Waals surface area contributed by atoms with Gasteiger partial charge in [-0.3, -0.25) is 0 Å². The summed E-state index contributed by atoms with van der Waals surface area (Å²) in [6, 6.07) is 10.3. The summed E-state index contributed by atoms with van der Waals surface area (Å²) >= 11 is 0. The Kier molecular flexibility index (Phi) is 6.95. The summed E-state index contributed by atoms with van der Waals surface area (Å²) in [4.78, 5) is 17.9. The Morgan fingerprint density at radius 1 is 1.00 bits per heavy atom. The summed E-state index contributed by atoms with van der Waals surface area (Å²) < 4.78 is 0. The number of rotatable bonds is 4. The quantitative estimate of drug-likeness (QED) is 0.599. The van der Waals surface area contributed by atoms with Crippen LogP contribution in [0.2, 0.25) is 0 Å². The number of urea groups is 1. The van der Waals surface area contributed by atoms with Gasteiger partial charge >= 0.3 is 6.03 Å². The van der Waals surface area contributed by atoms with Crippen molar-refractivity contribution in [2.75, 3.05) is 13.1 Å². The molecule has 1 saturated carbocycles. The monoisotopic (exact) mass is 425 g/mol. The second-order valence-electron chi connectivity index (χ2n) is 10.8. The Hall–Kier alpha value is -1.55. The van der Waals surface area contributed by atoms with Crippen molar-refractivity contribution in [2.45, 2.75) is 115 Å². The summed E-state index contributed by atoms with van der Waals surface area (Å²) in [6.07, 6.45) is 12.0. The van der Waals surface area contributed by atoms with E-state index in [1.165, 1.54) is 75.6 Å². The Labute approximate surface area is 189 Å². The number of carbonyl (C=O) groups excluding carboxylic acids is 1. The van der Waals surface area contributed by atoms with E-state index >= 15 is 0 Å². The number of nitrogens with zero attached hydrogens (tertiary/aromatic N) is 2. The molecule has 4 nitrogen and oxygen atoms in total. The molecule has 1 heterocycles. The minimum Gasteiger partial charge on any atom is -0.331 e. The number of hydrogen-bond acceptors (Lipinski definition) is 2. The number of nitrogens with one attached hydrogen (secondary N) is 1. The molecule has 3 aliphatic rings. The van der Waals surface area contributed by atoms with Gasteiger partial charge in [0.15, 0.2) is 0 Å². The highest BCUT2D eigenvalue weighted by Crippen LogP contribution is 2.51. The Morgan fingerprint density at radius 3 is 2.23 bits per heavy atom. The van der Waals surface area contributed by atoms with Crippen molar-refractivity contribution in [1.82, 2.24) is 15.1 Å². The zero-order valence-corrected chi connectivity index (χ0v) is 20.2. The summed E-state index contributed by atoms with van der Waals surface area (Å²) in [5.74, 6) is 0. The van der Waals surface area contributed by atoms with Crippen LogP contribution in [0, 0.1) is 0 Å². The van der Waals surface area contributed by atoms with Gasteiger partial charge in [-0.2, -0.15) is 0 Å². The second kappa shape index (κ2) is 9.52. The van der Waals surface area contributed by atoms with Gasteiger partial charge in [0, 0.05) is 23.5 Å². The highest BCUT2D eigenvalue weighted by molar-refractivity contribution is 5.75. The van der Waals surface area contributed by atoms with Gasteiger partial charge in [0.25, 0.3) is 0 Å². The molecule has 172 valence electrons. The first-order valence-corrected chi connectivity index (χ1v) is 12.8. The van der Waals surface area contributed by atoms with E-state index in [0.717, 1.165) is 12.5 Å². The summed E-state index contributed by atoms with van der Waals surface area (Å²) in [5.41, 5.74) is 3.09. The summed E-state index contributed by atoms with van der Waals surface area (Å²) in [5, 5.41) is 3.43. The maximum Gasteiger partial charge on any atom is 0.318 e. The van der Waals surface area contributed by atoms with Crippen molar-refractivity contribution in [3.8, 4) is 0 Å². The largest absolute Gasteiger partial charge is 0.331 e. The van der Waals surface area contributed by atoms with Crippen molar-refractivity contribution >= 4 is 6.03 Å². The van der Waals surface area contributed by atoms with Crippen LogP contribution in [0.3, 0.4) is 0 Å². The number of likely N-dealkylation sites (tertiary alicyclic amines) is 1. The maximum atomic E-state index is 13.2. The van der Waals surface area contributed by atoms with Gasteiger partial charge in [-0.05, 0) is 84.0 Å². The molecule has 1 aromatic carbocycles. The SMILES string of the molecule is CC(C)N(C(=O)N[C@H]1CC2(CCN(C3CCCCCC3)CC2)c2ccccc21)C(C)C. The lowest BCUT2D eigenvalue weighted by Crippen LogP contribution is -2.49. The molecule has 0 aromatic heterocycles. The molecule has 1 atom stereocenters. The minimum absolute atomic E-state index is 0.0812. The van der Waals surface area contributed by atoms with Gasteiger partial charge in [0.1, 0.15) is 0 Å². The molecule has 0 unspecified atom stereocenters. The van der Waals surface area contributed by atoms with E-state index < -0.39 is 0 Å². The standard InChI is InChI=1S/C27H43N3O/c1-20(2)30(21(3)4)26(31)28-25-19-27(24-14-10-9-13-23(24)25)15-17-29(18-16-27)22-11-7-5-6-8-12-22/h9-10,13-14,20-22,25H,5-8,11-12,15-19H2,1-4H3,(H,28,31)/t25-/m0/s1. The molecule has 2 fully saturated rings. The Bertz CT molecular complexity index is 735.